The van der Waals surface area contributed by atoms with Gasteiger partial charge >= 0.3 is 0 Å². The van der Waals surface area contributed by atoms with Gasteiger partial charge in [0.05, 0.1) is 13.2 Å². The Morgan fingerprint density at radius 3 is 2.31 bits per heavy atom. The van der Waals surface area contributed by atoms with Gasteiger partial charge < -0.3 is 4.74 Å². The molecule has 0 heterocycles. The molecule has 0 atom stereocenters. The summed E-state index contributed by atoms with van der Waals surface area (Å²) in [6, 6.07) is 0. The fraction of sp³-hybridized carbons (Fsp3) is 0.917. The van der Waals surface area contributed by atoms with E-state index >= 15 is 0 Å². The molecule has 1 nitrogen and oxygen atoms in total. The third-order valence-corrected chi connectivity index (χ3v) is 1.81. The van der Waals surface area contributed by atoms with Gasteiger partial charge in [0, 0.05) is 0 Å². The highest BCUT2D eigenvalue weighted by molar-refractivity contribution is 4.61. The van der Waals surface area contributed by atoms with Crippen molar-refractivity contribution in [2.75, 3.05) is 6.61 Å². The lowest BCUT2D eigenvalue weighted by Crippen LogP contribution is -2.13. The zero-order valence-corrected chi connectivity index (χ0v) is 9.73. The van der Waals surface area contributed by atoms with Crippen LogP contribution in [0.2, 0.25) is 0 Å². The maximum absolute atomic E-state index is 5.45. The van der Waals surface area contributed by atoms with Crippen LogP contribution in [0.4, 0.5) is 0 Å². The van der Waals surface area contributed by atoms with Crippen molar-refractivity contribution < 1.29 is 4.74 Å². The summed E-state index contributed by atoms with van der Waals surface area (Å²) in [7, 11) is 0. The second-order valence-electron chi connectivity index (χ2n) is 4.89. The Hall–Kier alpha value is -0.0400. The Morgan fingerprint density at radius 1 is 1.08 bits per heavy atom. The van der Waals surface area contributed by atoms with Crippen LogP contribution in [0.25, 0.3) is 0 Å². The van der Waals surface area contributed by atoms with Gasteiger partial charge in [0.2, 0.25) is 0 Å². The topological polar surface area (TPSA) is 9.23 Å². The molecule has 0 aromatic heterocycles. The van der Waals surface area contributed by atoms with Gasteiger partial charge in [0.25, 0.3) is 0 Å². The van der Waals surface area contributed by atoms with Gasteiger partial charge in [0.1, 0.15) is 0 Å². The highest BCUT2D eigenvalue weighted by atomic mass is 16.5. The molecule has 1 radical (unpaired) electrons. The standard InChI is InChI=1S/C12H25O/c1-5-6-7-8-9-10-13-11-12(2,3)4/h10H,5-9,11H2,1-4H3. The summed E-state index contributed by atoms with van der Waals surface area (Å²) in [5.41, 5.74) is 0.292. The van der Waals surface area contributed by atoms with Gasteiger partial charge in [-0.1, -0.05) is 53.4 Å². The number of hydrogen-bond donors (Lipinski definition) is 0. The SMILES string of the molecule is CCCCCC[CH]OCC(C)(C)C. The van der Waals surface area contributed by atoms with Crippen LogP contribution in [0.3, 0.4) is 0 Å². The lowest BCUT2D eigenvalue weighted by atomic mass is 9.99. The summed E-state index contributed by atoms with van der Waals surface area (Å²) in [6.07, 6.45) is 6.38. The molecule has 0 rings (SSSR count). The molecule has 0 N–H and O–H groups in total. The van der Waals surface area contributed by atoms with Crippen molar-refractivity contribution in [3.05, 3.63) is 6.61 Å². The quantitative estimate of drug-likeness (QED) is 0.541. The molecule has 0 saturated heterocycles. The zero-order valence-electron chi connectivity index (χ0n) is 9.73. The van der Waals surface area contributed by atoms with E-state index in [1.807, 2.05) is 6.61 Å². The fourth-order valence-electron chi connectivity index (χ4n) is 1.05. The van der Waals surface area contributed by atoms with Gasteiger partial charge in [-0.2, -0.15) is 0 Å². The van der Waals surface area contributed by atoms with Crippen molar-refractivity contribution >= 4 is 0 Å². The molecule has 0 aromatic carbocycles. The maximum Gasteiger partial charge on any atom is 0.0836 e. The summed E-state index contributed by atoms with van der Waals surface area (Å²) in [5, 5.41) is 0. The van der Waals surface area contributed by atoms with Crippen LogP contribution >= 0.6 is 0 Å². The molecule has 0 unspecified atom stereocenters. The molecule has 0 aromatic rings. The maximum atomic E-state index is 5.45. The van der Waals surface area contributed by atoms with E-state index < -0.39 is 0 Å². The van der Waals surface area contributed by atoms with E-state index in [4.69, 9.17) is 4.74 Å². The van der Waals surface area contributed by atoms with Crippen molar-refractivity contribution in [2.24, 2.45) is 5.41 Å². The Balaban J connectivity index is 3.00. The molecule has 1 heteroatoms. The van der Waals surface area contributed by atoms with E-state index in [-0.39, 0.29) is 0 Å². The Bertz CT molecular complexity index is 102. The predicted molar refractivity (Wildman–Crippen MR) is 58.5 cm³/mol. The van der Waals surface area contributed by atoms with Crippen molar-refractivity contribution in [2.45, 2.75) is 59.8 Å². The van der Waals surface area contributed by atoms with Crippen LogP contribution in [-0.4, -0.2) is 6.61 Å². The average Bonchev–Trinajstić information content (AvgIpc) is 2.01. The number of ether oxygens (including phenoxy) is 1. The molecule has 79 valence electrons. The molecule has 0 aliphatic rings. The highest BCUT2D eigenvalue weighted by Gasteiger charge is 2.09. The van der Waals surface area contributed by atoms with Crippen molar-refractivity contribution in [3.63, 3.8) is 0 Å². The second-order valence-corrected chi connectivity index (χ2v) is 4.89. The summed E-state index contributed by atoms with van der Waals surface area (Å²) >= 11 is 0. The number of hydrogen-bond acceptors (Lipinski definition) is 1. The first kappa shape index (κ1) is 13.0. The van der Waals surface area contributed by atoms with Crippen molar-refractivity contribution in [1.29, 1.82) is 0 Å². The van der Waals surface area contributed by atoms with Crippen LogP contribution in [0.1, 0.15) is 59.8 Å². The van der Waals surface area contributed by atoms with Crippen LogP contribution in [0, 0.1) is 12.0 Å². The summed E-state index contributed by atoms with van der Waals surface area (Å²) < 4.78 is 5.45. The summed E-state index contributed by atoms with van der Waals surface area (Å²) in [5.74, 6) is 0. The Morgan fingerprint density at radius 2 is 1.77 bits per heavy atom. The van der Waals surface area contributed by atoms with Gasteiger partial charge in [-0.15, -0.1) is 0 Å². The molecule has 0 aliphatic carbocycles. The van der Waals surface area contributed by atoms with E-state index in [0.717, 1.165) is 13.0 Å². The number of unbranched alkanes of at least 4 members (excludes halogenated alkanes) is 4. The minimum absolute atomic E-state index is 0.292. The molecule has 0 fully saturated rings. The average molecular weight is 185 g/mol. The van der Waals surface area contributed by atoms with Gasteiger partial charge in [-0.25, -0.2) is 0 Å². The van der Waals surface area contributed by atoms with Crippen LogP contribution < -0.4 is 0 Å². The molecular formula is C12H25O. The van der Waals surface area contributed by atoms with E-state index in [9.17, 15) is 0 Å². The van der Waals surface area contributed by atoms with Crippen molar-refractivity contribution in [3.8, 4) is 0 Å². The smallest absolute Gasteiger partial charge is 0.0836 e. The van der Waals surface area contributed by atoms with Gasteiger partial charge in [-0.05, 0) is 11.8 Å². The molecule has 0 saturated carbocycles. The van der Waals surface area contributed by atoms with E-state index in [0.29, 0.717) is 5.41 Å². The first-order chi connectivity index (χ1) is 6.06. The van der Waals surface area contributed by atoms with Crippen LogP contribution in [0.15, 0.2) is 0 Å². The molecule has 0 bridgehead atoms. The first-order valence-electron chi connectivity index (χ1n) is 5.49. The van der Waals surface area contributed by atoms with E-state index in [1.165, 1.54) is 25.7 Å². The lowest BCUT2D eigenvalue weighted by Gasteiger charge is -2.17. The minimum Gasteiger partial charge on any atom is -0.375 e. The summed E-state index contributed by atoms with van der Waals surface area (Å²) in [4.78, 5) is 0. The molecule has 13 heavy (non-hydrogen) atoms. The second kappa shape index (κ2) is 7.37. The third-order valence-electron chi connectivity index (χ3n) is 1.81. The molecule has 0 aliphatic heterocycles. The Kier molecular flexibility index (Phi) is 7.35. The highest BCUT2D eigenvalue weighted by Crippen LogP contribution is 2.14. The van der Waals surface area contributed by atoms with E-state index in [1.54, 1.807) is 0 Å². The molecular weight excluding hydrogens is 160 g/mol. The Labute approximate surface area is 83.9 Å². The third kappa shape index (κ3) is 12.0. The number of rotatable bonds is 7. The zero-order chi connectivity index (χ0) is 10.2. The summed E-state index contributed by atoms with van der Waals surface area (Å²) in [6.45, 7) is 11.6. The van der Waals surface area contributed by atoms with Crippen LogP contribution in [0.5, 0.6) is 0 Å². The van der Waals surface area contributed by atoms with Gasteiger partial charge in [-0.3, -0.25) is 0 Å². The first-order valence-corrected chi connectivity index (χ1v) is 5.49. The predicted octanol–water partition coefficient (Wildman–Crippen LogP) is 4.18. The lowest BCUT2D eigenvalue weighted by molar-refractivity contribution is 0.113. The molecule has 0 spiro atoms. The minimum atomic E-state index is 0.292. The van der Waals surface area contributed by atoms with E-state index in [2.05, 4.69) is 27.7 Å². The fourth-order valence-corrected chi connectivity index (χ4v) is 1.05. The monoisotopic (exact) mass is 185 g/mol. The largest absolute Gasteiger partial charge is 0.375 e. The molecule has 0 amide bonds. The normalized spacial score (nSPS) is 12.0. The van der Waals surface area contributed by atoms with Crippen molar-refractivity contribution in [1.82, 2.24) is 0 Å². The van der Waals surface area contributed by atoms with Crippen LogP contribution in [-0.2, 0) is 4.74 Å². The van der Waals surface area contributed by atoms with Gasteiger partial charge in [0.15, 0.2) is 0 Å².